The van der Waals surface area contributed by atoms with Crippen molar-refractivity contribution in [2.24, 2.45) is 11.5 Å². The van der Waals surface area contributed by atoms with Gasteiger partial charge in [0.25, 0.3) is 0 Å². The van der Waals surface area contributed by atoms with Gasteiger partial charge in [-0.3, -0.25) is 9.59 Å². The van der Waals surface area contributed by atoms with Crippen LogP contribution in [0.2, 0.25) is 0 Å². The second kappa shape index (κ2) is 7.99. The van der Waals surface area contributed by atoms with E-state index >= 15 is 0 Å². The Balaban J connectivity index is 2.48. The Hall–Kier alpha value is -3.05. The number of nitrogens with one attached hydrogen (secondary N) is 2. The molecule has 0 spiro atoms. The van der Waals surface area contributed by atoms with Gasteiger partial charge in [-0.1, -0.05) is 6.07 Å². The monoisotopic (exact) mass is 349 g/mol. The molecule has 24 heavy (non-hydrogen) atoms. The van der Waals surface area contributed by atoms with E-state index in [4.69, 9.17) is 11.5 Å². The van der Waals surface area contributed by atoms with Crippen LogP contribution in [0.3, 0.4) is 0 Å². The maximum atomic E-state index is 12.0. The summed E-state index contributed by atoms with van der Waals surface area (Å²) in [7, 11) is 0. The van der Waals surface area contributed by atoms with Gasteiger partial charge in [-0.05, 0) is 5.56 Å². The van der Waals surface area contributed by atoms with Crippen molar-refractivity contribution in [3.8, 4) is 5.88 Å². The van der Waals surface area contributed by atoms with Gasteiger partial charge in [-0.25, -0.2) is 9.78 Å². The number of ether oxygens (including phenoxy) is 1. The van der Waals surface area contributed by atoms with Gasteiger partial charge in [-0.2, -0.15) is 13.2 Å². The highest BCUT2D eigenvalue weighted by molar-refractivity contribution is 6.05. The molecule has 0 aromatic carbocycles. The summed E-state index contributed by atoms with van der Waals surface area (Å²) in [5, 5.41) is 4.25. The van der Waals surface area contributed by atoms with Gasteiger partial charge < -0.3 is 26.8 Å². The van der Waals surface area contributed by atoms with Crippen LogP contribution in [0.4, 0.5) is 18.0 Å². The zero-order chi connectivity index (χ0) is 18.3. The highest BCUT2D eigenvalue weighted by Gasteiger charge is 2.28. The van der Waals surface area contributed by atoms with Gasteiger partial charge >= 0.3 is 12.2 Å². The van der Waals surface area contributed by atoms with E-state index in [0.29, 0.717) is 5.56 Å². The average Bonchev–Trinajstić information content (AvgIpc) is 2.48. The van der Waals surface area contributed by atoms with E-state index in [0.717, 1.165) is 0 Å². The van der Waals surface area contributed by atoms with Crippen LogP contribution in [0.25, 0.3) is 0 Å². The Bertz CT molecular complexity index is 592. The van der Waals surface area contributed by atoms with E-state index < -0.39 is 36.7 Å². The molecule has 1 aromatic rings. The molecule has 0 aliphatic heterocycles. The lowest BCUT2D eigenvalue weighted by atomic mass is 10.2. The minimum Gasteiger partial charge on any atom is -0.468 e. The number of urea groups is 1. The van der Waals surface area contributed by atoms with Crippen molar-refractivity contribution < 1.29 is 32.3 Å². The second-order valence-electron chi connectivity index (χ2n) is 4.47. The molecule has 4 amide bonds. The summed E-state index contributed by atoms with van der Waals surface area (Å²) >= 11 is 0. The van der Waals surface area contributed by atoms with Crippen LogP contribution >= 0.6 is 0 Å². The lowest BCUT2D eigenvalue weighted by Crippen LogP contribution is -2.54. The van der Waals surface area contributed by atoms with Crippen LogP contribution in [0.5, 0.6) is 5.88 Å². The second-order valence-corrected chi connectivity index (χ2v) is 4.47. The van der Waals surface area contributed by atoms with Gasteiger partial charge in [0.1, 0.15) is 0 Å². The smallest absolute Gasteiger partial charge is 0.422 e. The Morgan fingerprint density at radius 3 is 2.29 bits per heavy atom. The zero-order valence-electron chi connectivity index (χ0n) is 12.1. The summed E-state index contributed by atoms with van der Waals surface area (Å²) in [6.45, 7) is -1.55. The largest absolute Gasteiger partial charge is 0.468 e. The van der Waals surface area contributed by atoms with E-state index in [-0.39, 0.29) is 12.4 Å². The van der Waals surface area contributed by atoms with Crippen LogP contribution < -0.4 is 26.8 Å². The van der Waals surface area contributed by atoms with Crippen molar-refractivity contribution in [1.29, 1.82) is 0 Å². The van der Waals surface area contributed by atoms with Gasteiger partial charge in [0.2, 0.25) is 17.7 Å². The molecule has 0 radical (unpaired) electrons. The zero-order valence-corrected chi connectivity index (χ0v) is 12.1. The number of alkyl halides is 3. The third-order valence-electron chi connectivity index (χ3n) is 2.48. The highest BCUT2D eigenvalue weighted by Crippen LogP contribution is 2.16. The SMILES string of the molecule is NC(=O)C(NC(=O)NCc1ccc(OCC(F)(F)F)nc1)C(N)=O. The summed E-state index contributed by atoms with van der Waals surface area (Å²) in [5.41, 5.74) is 10.2. The number of primary amides is 2. The minimum atomic E-state index is -4.47. The third-order valence-corrected chi connectivity index (χ3v) is 2.48. The number of pyridine rings is 1. The molecule has 1 aromatic heterocycles. The maximum Gasteiger partial charge on any atom is 0.422 e. The first-order chi connectivity index (χ1) is 11.1. The van der Waals surface area contributed by atoms with Crippen molar-refractivity contribution in [1.82, 2.24) is 15.6 Å². The number of rotatable bonds is 7. The standard InChI is InChI=1S/C12H14F3N5O4/c13-12(14,15)5-24-7-2-1-6(3-18-7)4-19-11(23)20-8(9(16)21)10(17)22/h1-3,8H,4-5H2,(H2,16,21)(H2,17,22)(H2,19,20,23). The molecule has 12 heteroatoms. The highest BCUT2D eigenvalue weighted by atomic mass is 19.4. The van der Waals surface area contributed by atoms with Crippen LogP contribution in [0.1, 0.15) is 5.56 Å². The molecular weight excluding hydrogens is 335 g/mol. The molecule has 9 nitrogen and oxygen atoms in total. The summed E-state index contributed by atoms with van der Waals surface area (Å²) in [4.78, 5) is 36.9. The first-order valence-electron chi connectivity index (χ1n) is 6.36. The number of hydrogen-bond donors (Lipinski definition) is 4. The topological polar surface area (TPSA) is 149 Å². The van der Waals surface area contributed by atoms with Crippen LogP contribution in [0.15, 0.2) is 18.3 Å². The number of carbonyl (C=O) groups excluding carboxylic acids is 3. The van der Waals surface area contributed by atoms with Crippen molar-refractivity contribution in [2.45, 2.75) is 18.8 Å². The fourth-order valence-electron chi connectivity index (χ4n) is 1.40. The molecule has 0 fully saturated rings. The molecule has 132 valence electrons. The number of nitrogens with zero attached hydrogens (tertiary/aromatic N) is 1. The molecule has 6 N–H and O–H groups in total. The summed E-state index contributed by atoms with van der Waals surface area (Å²) in [6.07, 6.45) is -3.29. The number of nitrogens with two attached hydrogens (primary N) is 2. The fraction of sp³-hybridized carbons (Fsp3) is 0.333. The molecule has 0 aliphatic rings. The van der Waals surface area contributed by atoms with Crippen molar-refractivity contribution in [2.75, 3.05) is 6.61 Å². The quantitative estimate of drug-likeness (QED) is 0.474. The van der Waals surface area contributed by atoms with Gasteiger partial charge in [0, 0.05) is 18.8 Å². The molecule has 0 unspecified atom stereocenters. The average molecular weight is 349 g/mol. The van der Waals surface area contributed by atoms with E-state index in [1.54, 1.807) is 0 Å². The number of hydrogen-bond acceptors (Lipinski definition) is 5. The van der Waals surface area contributed by atoms with Crippen molar-refractivity contribution in [3.05, 3.63) is 23.9 Å². The summed E-state index contributed by atoms with van der Waals surface area (Å²) in [5.74, 6) is -2.47. The third kappa shape index (κ3) is 6.81. The molecular formula is C12H14F3N5O4. The van der Waals surface area contributed by atoms with Crippen LogP contribution in [0, 0.1) is 0 Å². The lowest BCUT2D eigenvalue weighted by molar-refractivity contribution is -0.154. The van der Waals surface area contributed by atoms with E-state index in [9.17, 15) is 27.6 Å². The van der Waals surface area contributed by atoms with E-state index in [2.05, 4.69) is 15.0 Å². The minimum absolute atomic E-state index is 0.0807. The number of carbonyl (C=O) groups is 3. The molecule has 0 bridgehead atoms. The Morgan fingerprint density at radius 2 is 1.83 bits per heavy atom. The Morgan fingerprint density at radius 1 is 1.21 bits per heavy atom. The predicted octanol–water partition coefficient (Wildman–Crippen LogP) is -0.839. The number of amides is 4. The normalized spacial score (nSPS) is 11.0. The predicted molar refractivity (Wildman–Crippen MR) is 73.3 cm³/mol. The Labute approximate surface area is 133 Å². The number of halogens is 3. The molecule has 0 saturated heterocycles. The first-order valence-corrected chi connectivity index (χ1v) is 6.36. The number of aromatic nitrogens is 1. The van der Waals surface area contributed by atoms with Crippen LogP contribution in [-0.2, 0) is 16.1 Å². The van der Waals surface area contributed by atoms with Gasteiger partial charge in [0.05, 0.1) is 0 Å². The molecule has 0 aliphatic carbocycles. The van der Waals surface area contributed by atoms with E-state index in [1.807, 2.05) is 5.32 Å². The van der Waals surface area contributed by atoms with Gasteiger partial charge in [0.15, 0.2) is 12.6 Å². The molecule has 0 saturated carbocycles. The summed E-state index contributed by atoms with van der Waals surface area (Å²) < 4.78 is 40.3. The maximum absolute atomic E-state index is 12.0. The Kier molecular flexibility index (Phi) is 6.32. The van der Waals surface area contributed by atoms with Crippen molar-refractivity contribution in [3.63, 3.8) is 0 Å². The van der Waals surface area contributed by atoms with Crippen molar-refractivity contribution >= 4 is 17.8 Å². The van der Waals surface area contributed by atoms with Crippen LogP contribution in [-0.4, -0.2) is 41.7 Å². The summed E-state index contributed by atoms with van der Waals surface area (Å²) in [6, 6.07) is 0.00539. The first kappa shape index (κ1) is 19.0. The lowest BCUT2D eigenvalue weighted by Gasteiger charge is -2.13. The molecule has 0 atom stereocenters. The molecule has 1 rings (SSSR count). The van der Waals surface area contributed by atoms with E-state index in [1.165, 1.54) is 18.3 Å². The van der Waals surface area contributed by atoms with Gasteiger partial charge in [-0.15, -0.1) is 0 Å². The molecule has 1 heterocycles. The fourth-order valence-corrected chi connectivity index (χ4v) is 1.40.